The average Bonchev–Trinajstić information content (AvgIpc) is 2.98. The molecule has 8 nitrogen and oxygen atoms in total. The summed E-state index contributed by atoms with van der Waals surface area (Å²) >= 11 is 0. The second-order valence-corrected chi connectivity index (χ2v) is 5.51. The fourth-order valence-electron chi connectivity index (χ4n) is 2.49. The maximum Gasteiger partial charge on any atom is 0.320 e. The minimum atomic E-state index is 0.131. The van der Waals surface area contributed by atoms with Gasteiger partial charge in [-0.2, -0.15) is 15.0 Å². The maximum atomic E-state index is 8.82. The molecule has 1 aromatic carbocycles. The highest BCUT2D eigenvalue weighted by Crippen LogP contribution is 2.26. The lowest BCUT2D eigenvalue weighted by atomic mass is 10.2. The number of hydrogen-bond acceptors (Lipinski definition) is 7. The third kappa shape index (κ3) is 3.80. The summed E-state index contributed by atoms with van der Waals surface area (Å²) < 4.78 is 12.8. The molecule has 3 rings (SSSR count). The molecule has 0 atom stereocenters. The zero-order valence-corrected chi connectivity index (χ0v) is 14.1. The molecule has 0 fully saturated rings. The minimum absolute atomic E-state index is 0.131. The Balaban J connectivity index is 1.94. The zero-order chi connectivity index (χ0) is 17.6. The number of nitrogen functional groups attached to an aromatic ring is 1. The molecule has 132 valence electrons. The topological polar surface area (TPSA) is 108 Å². The molecule has 3 aromatic rings. The monoisotopic (exact) mass is 343 g/mol. The molecule has 0 unspecified atom stereocenters. The van der Waals surface area contributed by atoms with E-state index in [1.54, 1.807) is 7.11 Å². The number of imidazole rings is 1. The first kappa shape index (κ1) is 17.0. The van der Waals surface area contributed by atoms with Crippen LogP contribution in [0.5, 0.6) is 12.0 Å². The second kappa shape index (κ2) is 7.80. The Kier molecular flexibility index (Phi) is 5.30. The van der Waals surface area contributed by atoms with Crippen LogP contribution in [0.4, 0.5) is 5.82 Å². The van der Waals surface area contributed by atoms with Crippen molar-refractivity contribution in [2.75, 3.05) is 26.1 Å². The van der Waals surface area contributed by atoms with Crippen LogP contribution in [0.2, 0.25) is 0 Å². The van der Waals surface area contributed by atoms with Gasteiger partial charge in [0.05, 0.1) is 20.3 Å². The molecule has 0 bridgehead atoms. The third-order valence-corrected chi connectivity index (χ3v) is 3.72. The van der Waals surface area contributed by atoms with Gasteiger partial charge in [0.1, 0.15) is 0 Å². The Bertz CT molecular complexity index is 835. The number of benzene rings is 1. The fraction of sp³-hybridized carbons (Fsp3) is 0.353. The lowest BCUT2D eigenvalue weighted by molar-refractivity contribution is 0.244. The van der Waals surface area contributed by atoms with Crippen LogP contribution in [0.1, 0.15) is 18.4 Å². The number of ether oxygens (including phenoxy) is 2. The number of aromatic nitrogens is 4. The molecule has 0 aliphatic carbocycles. The van der Waals surface area contributed by atoms with E-state index in [1.165, 1.54) is 0 Å². The number of fused-ring (bicyclic) bond motifs is 1. The normalized spacial score (nSPS) is 11.0. The van der Waals surface area contributed by atoms with E-state index in [4.69, 9.17) is 20.3 Å². The summed E-state index contributed by atoms with van der Waals surface area (Å²) in [4.78, 5) is 13.0. The van der Waals surface area contributed by atoms with Crippen LogP contribution in [0.15, 0.2) is 30.3 Å². The molecular weight excluding hydrogens is 322 g/mol. The van der Waals surface area contributed by atoms with Crippen molar-refractivity contribution in [1.82, 2.24) is 19.5 Å². The Morgan fingerprint density at radius 3 is 2.64 bits per heavy atom. The summed E-state index contributed by atoms with van der Waals surface area (Å²) in [5, 5.41) is 8.82. The number of rotatable bonds is 8. The first-order chi connectivity index (χ1) is 12.2. The van der Waals surface area contributed by atoms with Crippen molar-refractivity contribution in [3.8, 4) is 12.0 Å². The standard InChI is InChI=1S/C17H21N5O3/c1-24-17-19-13-14(18)20-16(25-10-6-5-9-23)21-15(13)22(17)11-12-7-3-2-4-8-12/h2-4,7-8,23H,5-6,9-11H2,1H3,(H2,18,20,21). The Morgan fingerprint density at radius 1 is 1.12 bits per heavy atom. The minimum Gasteiger partial charge on any atom is -0.468 e. The van der Waals surface area contributed by atoms with Gasteiger partial charge in [-0.25, -0.2) is 0 Å². The van der Waals surface area contributed by atoms with Gasteiger partial charge < -0.3 is 20.3 Å². The van der Waals surface area contributed by atoms with Gasteiger partial charge in [-0.05, 0) is 18.4 Å². The van der Waals surface area contributed by atoms with Crippen molar-refractivity contribution < 1.29 is 14.6 Å². The molecule has 0 radical (unpaired) electrons. The van der Waals surface area contributed by atoms with Crippen LogP contribution in [0.25, 0.3) is 11.2 Å². The Labute approximate surface area is 145 Å². The van der Waals surface area contributed by atoms with Gasteiger partial charge in [0.2, 0.25) is 0 Å². The van der Waals surface area contributed by atoms with Crippen LogP contribution < -0.4 is 15.2 Å². The van der Waals surface area contributed by atoms with E-state index in [0.717, 1.165) is 5.56 Å². The number of methoxy groups -OCH3 is 1. The number of aliphatic hydroxyl groups excluding tert-OH is 1. The van der Waals surface area contributed by atoms with Gasteiger partial charge >= 0.3 is 6.01 Å². The van der Waals surface area contributed by atoms with Crippen molar-refractivity contribution in [3.05, 3.63) is 35.9 Å². The van der Waals surface area contributed by atoms with Gasteiger partial charge in [0.25, 0.3) is 6.01 Å². The third-order valence-electron chi connectivity index (χ3n) is 3.72. The molecule has 2 aromatic heterocycles. The molecule has 0 aliphatic rings. The van der Waals surface area contributed by atoms with Gasteiger partial charge in [0, 0.05) is 6.61 Å². The Hall–Kier alpha value is -2.87. The molecule has 0 saturated heterocycles. The van der Waals surface area contributed by atoms with E-state index in [1.807, 2.05) is 34.9 Å². The molecule has 0 aliphatic heterocycles. The summed E-state index contributed by atoms with van der Waals surface area (Å²) in [6.07, 6.45) is 1.38. The van der Waals surface area contributed by atoms with Crippen molar-refractivity contribution >= 4 is 17.0 Å². The number of hydrogen-bond donors (Lipinski definition) is 2. The molecule has 25 heavy (non-hydrogen) atoms. The van der Waals surface area contributed by atoms with Crippen LogP contribution in [0, 0.1) is 0 Å². The SMILES string of the molecule is COc1nc2c(N)nc(OCCCCO)nc2n1Cc1ccccc1. The summed E-state index contributed by atoms with van der Waals surface area (Å²) in [6, 6.07) is 10.5. The van der Waals surface area contributed by atoms with Crippen LogP contribution in [-0.4, -0.2) is 44.9 Å². The molecule has 3 N–H and O–H groups in total. The fourth-order valence-corrected chi connectivity index (χ4v) is 2.49. The van der Waals surface area contributed by atoms with Crippen molar-refractivity contribution in [3.63, 3.8) is 0 Å². The number of aliphatic hydroxyl groups is 1. The van der Waals surface area contributed by atoms with Gasteiger partial charge in [0.15, 0.2) is 17.0 Å². The quantitative estimate of drug-likeness (QED) is 0.598. The predicted molar refractivity (Wildman–Crippen MR) is 93.6 cm³/mol. The Morgan fingerprint density at radius 2 is 1.92 bits per heavy atom. The van der Waals surface area contributed by atoms with Crippen LogP contribution in [0.3, 0.4) is 0 Å². The lowest BCUT2D eigenvalue weighted by Crippen LogP contribution is -2.07. The second-order valence-electron chi connectivity index (χ2n) is 5.51. The number of unbranched alkanes of at least 4 members (excludes halogenated alkanes) is 1. The van der Waals surface area contributed by atoms with E-state index in [2.05, 4.69) is 15.0 Å². The summed E-state index contributed by atoms with van der Waals surface area (Å²) in [5.41, 5.74) is 8.14. The van der Waals surface area contributed by atoms with Crippen molar-refractivity contribution in [1.29, 1.82) is 0 Å². The molecule has 2 heterocycles. The predicted octanol–water partition coefficient (Wildman–Crippen LogP) is 1.62. The van der Waals surface area contributed by atoms with E-state index in [0.29, 0.717) is 43.2 Å². The number of nitrogens with zero attached hydrogens (tertiary/aromatic N) is 4. The number of anilines is 1. The van der Waals surface area contributed by atoms with Gasteiger partial charge in [-0.15, -0.1) is 0 Å². The maximum absolute atomic E-state index is 8.82. The van der Waals surface area contributed by atoms with E-state index < -0.39 is 0 Å². The van der Waals surface area contributed by atoms with E-state index in [-0.39, 0.29) is 18.4 Å². The largest absolute Gasteiger partial charge is 0.468 e. The van der Waals surface area contributed by atoms with Crippen molar-refractivity contribution in [2.45, 2.75) is 19.4 Å². The van der Waals surface area contributed by atoms with Crippen LogP contribution in [-0.2, 0) is 6.54 Å². The van der Waals surface area contributed by atoms with Crippen molar-refractivity contribution in [2.24, 2.45) is 0 Å². The summed E-state index contributed by atoms with van der Waals surface area (Å²) in [7, 11) is 1.55. The zero-order valence-electron chi connectivity index (χ0n) is 14.1. The smallest absolute Gasteiger partial charge is 0.320 e. The molecule has 8 heteroatoms. The molecule has 0 saturated carbocycles. The van der Waals surface area contributed by atoms with E-state index >= 15 is 0 Å². The summed E-state index contributed by atoms with van der Waals surface area (Å²) in [5.74, 6) is 0.243. The summed E-state index contributed by atoms with van der Waals surface area (Å²) in [6.45, 7) is 1.09. The molecule has 0 amide bonds. The first-order valence-electron chi connectivity index (χ1n) is 8.08. The molecule has 0 spiro atoms. The average molecular weight is 343 g/mol. The first-order valence-corrected chi connectivity index (χ1v) is 8.08. The van der Waals surface area contributed by atoms with Gasteiger partial charge in [-0.1, -0.05) is 30.3 Å². The highest BCUT2D eigenvalue weighted by atomic mass is 16.5. The molecular formula is C17H21N5O3. The van der Waals surface area contributed by atoms with Crippen LogP contribution >= 0.6 is 0 Å². The van der Waals surface area contributed by atoms with Gasteiger partial charge in [-0.3, -0.25) is 4.57 Å². The number of nitrogens with two attached hydrogens (primary N) is 1. The lowest BCUT2D eigenvalue weighted by Gasteiger charge is -2.08. The highest BCUT2D eigenvalue weighted by molar-refractivity contribution is 5.83. The highest BCUT2D eigenvalue weighted by Gasteiger charge is 2.18. The van der Waals surface area contributed by atoms with E-state index in [9.17, 15) is 0 Å².